The van der Waals surface area contributed by atoms with E-state index in [1.165, 1.54) is 17.7 Å². The van der Waals surface area contributed by atoms with Crippen molar-refractivity contribution in [1.29, 1.82) is 0 Å². The molecule has 2 aromatic rings. The van der Waals surface area contributed by atoms with E-state index >= 15 is 0 Å². The fourth-order valence-electron chi connectivity index (χ4n) is 2.57. The van der Waals surface area contributed by atoms with E-state index in [1.54, 1.807) is 6.92 Å². The summed E-state index contributed by atoms with van der Waals surface area (Å²) in [7, 11) is 0. The molecule has 1 aliphatic rings. The van der Waals surface area contributed by atoms with E-state index in [0.717, 1.165) is 17.7 Å². The van der Waals surface area contributed by atoms with Crippen molar-refractivity contribution >= 4 is 5.69 Å². The molecule has 2 nitrogen and oxygen atoms in total. The molecule has 0 fully saturated rings. The summed E-state index contributed by atoms with van der Waals surface area (Å²) in [4.78, 5) is 0. The van der Waals surface area contributed by atoms with Crippen molar-refractivity contribution in [3.05, 3.63) is 58.7 Å². The highest BCUT2D eigenvalue weighted by Gasteiger charge is 2.22. The van der Waals surface area contributed by atoms with Crippen molar-refractivity contribution in [3.8, 4) is 5.75 Å². The average Bonchev–Trinajstić information content (AvgIpc) is 2.83. The lowest BCUT2D eigenvalue weighted by molar-refractivity contribution is 0.246. The number of hydrogen-bond acceptors (Lipinski definition) is 2. The number of rotatable bonds is 3. The Bertz CT molecular complexity index is 685. The monoisotopic (exact) mass is 289 g/mol. The molecule has 4 heteroatoms. The van der Waals surface area contributed by atoms with Crippen molar-refractivity contribution < 1.29 is 13.5 Å². The first-order chi connectivity index (χ1) is 10.0. The lowest BCUT2D eigenvalue weighted by Crippen LogP contribution is -2.24. The van der Waals surface area contributed by atoms with Gasteiger partial charge in [0.2, 0.25) is 0 Å². The topological polar surface area (TPSA) is 21.3 Å². The summed E-state index contributed by atoms with van der Waals surface area (Å²) in [5.41, 5.74) is 2.84. The highest BCUT2D eigenvalue weighted by atomic mass is 19.1. The van der Waals surface area contributed by atoms with Crippen molar-refractivity contribution in [2.45, 2.75) is 26.4 Å². The summed E-state index contributed by atoms with van der Waals surface area (Å²) in [6.07, 6.45) is 0.713. The number of aryl methyl sites for hydroxylation is 2. The average molecular weight is 289 g/mol. The number of anilines is 1. The van der Waals surface area contributed by atoms with E-state index in [4.69, 9.17) is 4.74 Å². The molecule has 0 aliphatic carbocycles. The summed E-state index contributed by atoms with van der Waals surface area (Å²) < 4.78 is 33.0. The van der Waals surface area contributed by atoms with Gasteiger partial charge in [-0.25, -0.2) is 8.78 Å². The minimum atomic E-state index is -0.444. The van der Waals surface area contributed by atoms with Gasteiger partial charge in [0.1, 0.15) is 23.5 Å². The summed E-state index contributed by atoms with van der Waals surface area (Å²) >= 11 is 0. The third-order valence-corrected chi connectivity index (χ3v) is 3.73. The second-order valence-electron chi connectivity index (χ2n) is 5.52. The van der Waals surface area contributed by atoms with Crippen molar-refractivity contribution in [2.75, 3.05) is 11.9 Å². The van der Waals surface area contributed by atoms with Gasteiger partial charge in [0.15, 0.2) is 0 Å². The first kappa shape index (κ1) is 13.9. The Morgan fingerprint density at radius 1 is 1.14 bits per heavy atom. The van der Waals surface area contributed by atoms with Gasteiger partial charge in [-0.2, -0.15) is 0 Å². The zero-order valence-electron chi connectivity index (χ0n) is 12.0. The van der Waals surface area contributed by atoms with Gasteiger partial charge in [-0.1, -0.05) is 17.7 Å². The molecule has 1 aliphatic heterocycles. The van der Waals surface area contributed by atoms with E-state index in [9.17, 15) is 8.78 Å². The number of hydrogen-bond donors (Lipinski definition) is 1. The molecule has 0 aromatic heterocycles. The van der Waals surface area contributed by atoms with Crippen LogP contribution in [-0.2, 0) is 6.42 Å². The molecular formula is C17H17F2NO. The van der Waals surface area contributed by atoms with E-state index in [1.807, 2.05) is 19.1 Å². The first-order valence-corrected chi connectivity index (χ1v) is 6.98. The summed E-state index contributed by atoms with van der Waals surface area (Å²) in [6, 6.07) is 8.45. The van der Waals surface area contributed by atoms with Gasteiger partial charge in [-0.15, -0.1) is 0 Å². The van der Waals surface area contributed by atoms with Crippen LogP contribution in [0.1, 0.15) is 16.7 Å². The van der Waals surface area contributed by atoms with Crippen LogP contribution >= 0.6 is 0 Å². The van der Waals surface area contributed by atoms with Gasteiger partial charge in [-0.05, 0) is 37.1 Å². The Hall–Kier alpha value is -2.10. The van der Waals surface area contributed by atoms with Gasteiger partial charge in [-0.3, -0.25) is 0 Å². The van der Waals surface area contributed by atoms with Gasteiger partial charge < -0.3 is 10.1 Å². The molecule has 1 N–H and O–H groups in total. The molecular weight excluding hydrogens is 272 g/mol. The lowest BCUT2D eigenvalue weighted by Gasteiger charge is -2.14. The Morgan fingerprint density at radius 2 is 1.95 bits per heavy atom. The molecule has 21 heavy (non-hydrogen) atoms. The molecule has 0 bridgehead atoms. The largest absolute Gasteiger partial charge is 0.488 e. The third kappa shape index (κ3) is 2.84. The first-order valence-electron chi connectivity index (χ1n) is 6.98. The molecule has 0 spiro atoms. The lowest BCUT2D eigenvalue weighted by atomic mass is 10.1. The normalized spacial score (nSPS) is 16.5. The van der Waals surface area contributed by atoms with Crippen LogP contribution in [-0.4, -0.2) is 12.6 Å². The van der Waals surface area contributed by atoms with E-state index in [2.05, 4.69) is 11.4 Å². The number of nitrogens with one attached hydrogen (secondary N) is 1. The SMILES string of the molecule is Cc1ccc2c(c1)CC(CNc1cc(F)c(C)cc1F)O2. The minimum absolute atomic E-state index is 0.0643. The molecule has 0 saturated carbocycles. The fraction of sp³-hybridized carbons (Fsp3) is 0.294. The summed E-state index contributed by atoms with van der Waals surface area (Å²) in [5.74, 6) is 0.0216. The molecule has 0 radical (unpaired) electrons. The number of fused-ring (bicyclic) bond motifs is 1. The maximum atomic E-state index is 13.8. The number of halogens is 2. The van der Waals surface area contributed by atoms with Gasteiger partial charge >= 0.3 is 0 Å². The van der Waals surface area contributed by atoms with Crippen LogP contribution in [0, 0.1) is 25.5 Å². The maximum Gasteiger partial charge on any atom is 0.146 e. The van der Waals surface area contributed by atoms with E-state index in [0.29, 0.717) is 12.1 Å². The zero-order chi connectivity index (χ0) is 15.0. The standard InChI is InChI=1S/C17H17F2NO/c1-10-3-4-17-12(5-10)7-13(21-17)9-20-16-8-14(18)11(2)6-15(16)19/h3-6,8,13,20H,7,9H2,1-2H3. The molecule has 3 rings (SSSR count). The summed E-state index contributed by atoms with van der Waals surface area (Å²) in [5, 5.41) is 2.93. The highest BCUT2D eigenvalue weighted by Crippen LogP contribution is 2.29. The molecule has 1 atom stereocenters. The molecule has 1 heterocycles. The van der Waals surface area contributed by atoms with Crippen molar-refractivity contribution in [3.63, 3.8) is 0 Å². The minimum Gasteiger partial charge on any atom is -0.488 e. The molecule has 110 valence electrons. The Kier molecular flexibility index (Phi) is 3.53. The maximum absolute atomic E-state index is 13.8. The Morgan fingerprint density at radius 3 is 2.76 bits per heavy atom. The van der Waals surface area contributed by atoms with E-state index < -0.39 is 11.6 Å². The second-order valence-corrected chi connectivity index (χ2v) is 5.52. The Balaban J connectivity index is 1.66. The third-order valence-electron chi connectivity index (χ3n) is 3.73. The van der Waals surface area contributed by atoms with Crippen molar-refractivity contribution in [2.24, 2.45) is 0 Å². The molecule has 2 aromatic carbocycles. The smallest absolute Gasteiger partial charge is 0.146 e. The van der Waals surface area contributed by atoms with Crippen LogP contribution in [0.25, 0.3) is 0 Å². The zero-order valence-corrected chi connectivity index (χ0v) is 12.0. The van der Waals surface area contributed by atoms with Crippen LogP contribution in [0.15, 0.2) is 30.3 Å². The predicted molar refractivity (Wildman–Crippen MR) is 78.9 cm³/mol. The predicted octanol–water partition coefficient (Wildman–Crippen LogP) is 4.00. The second kappa shape index (κ2) is 5.35. The van der Waals surface area contributed by atoms with Crippen LogP contribution in [0.3, 0.4) is 0 Å². The van der Waals surface area contributed by atoms with Crippen LogP contribution in [0.5, 0.6) is 5.75 Å². The summed E-state index contributed by atoms with van der Waals surface area (Å²) in [6.45, 7) is 4.02. The van der Waals surface area contributed by atoms with E-state index in [-0.39, 0.29) is 11.8 Å². The quantitative estimate of drug-likeness (QED) is 0.922. The van der Waals surface area contributed by atoms with Gasteiger partial charge in [0.25, 0.3) is 0 Å². The molecule has 0 amide bonds. The number of benzene rings is 2. The molecule has 1 unspecified atom stereocenters. The fourth-order valence-corrected chi connectivity index (χ4v) is 2.57. The van der Waals surface area contributed by atoms with Crippen molar-refractivity contribution in [1.82, 2.24) is 0 Å². The van der Waals surface area contributed by atoms with Crippen LogP contribution in [0.4, 0.5) is 14.5 Å². The van der Waals surface area contributed by atoms with Crippen LogP contribution in [0.2, 0.25) is 0 Å². The van der Waals surface area contributed by atoms with Gasteiger partial charge in [0, 0.05) is 12.5 Å². The highest BCUT2D eigenvalue weighted by molar-refractivity contribution is 5.47. The number of ether oxygens (including phenoxy) is 1. The van der Waals surface area contributed by atoms with Gasteiger partial charge in [0.05, 0.1) is 12.2 Å². The molecule has 0 saturated heterocycles. The van der Waals surface area contributed by atoms with Crippen LogP contribution < -0.4 is 10.1 Å². The Labute approximate surface area is 122 Å².